The zero-order valence-electron chi connectivity index (χ0n) is 11.6. The first kappa shape index (κ1) is 15.0. The molecule has 15 heavy (non-hydrogen) atoms. The molecule has 0 bridgehead atoms. The van der Waals surface area contributed by atoms with Crippen molar-refractivity contribution in [3.05, 3.63) is 0 Å². The highest BCUT2D eigenvalue weighted by atomic mass is 14.1. The Morgan fingerprint density at radius 2 is 1.00 bits per heavy atom. The molecular weight excluding hydrogens is 180 g/mol. The second kappa shape index (κ2) is 9.24. The van der Waals surface area contributed by atoms with E-state index in [0.29, 0.717) is 5.41 Å². The van der Waals surface area contributed by atoms with Gasteiger partial charge in [-0.2, -0.15) is 0 Å². The van der Waals surface area contributed by atoms with Crippen LogP contribution in [0.15, 0.2) is 0 Å². The maximum absolute atomic E-state index is 2.34. The van der Waals surface area contributed by atoms with Gasteiger partial charge in [0.2, 0.25) is 0 Å². The molecule has 0 N–H and O–H groups in total. The summed E-state index contributed by atoms with van der Waals surface area (Å²) in [5.41, 5.74) is 0.543. The summed E-state index contributed by atoms with van der Waals surface area (Å²) in [6.07, 6.45) is 14.4. The molecule has 0 rings (SSSR count). The van der Waals surface area contributed by atoms with E-state index < -0.39 is 0 Å². The molecule has 0 fully saturated rings. The van der Waals surface area contributed by atoms with Gasteiger partial charge < -0.3 is 0 Å². The van der Waals surface area contributed by atoms with Gasteiger partial charge in [0, 0.05) is 0 Å². The van der Waals surface area contributed by atoms with Crippen molar-refractivity contribution in [3.8, 4) is 0 Å². The van der Waals surface area contributed by atoms with Crippen LogP contribution in [0.25, 0.3) is 0 Å². The largest absolute Gasteiger partial charge is 0.0654 e. The van der Waals surface area contributed by atoms with Crippen molar-refractivity contribution < 1.29 is 0 Å². The summed E-state index contributed by atoms with van der Waals surface area (Å²) < 4.78 is 0. The van der Waals surface area contributed by atoms with E-state index in [9.17, 15) is 0 Å². The SMILES string of the molecule is CCCCCCCCCCCC(C)(C)C. The molecule has 0 aliphatic heterocycles. The van der Waals surface area contributed by atoms with Gasteiger partial charge in [-0.1, -0.05) is 85.5 Å². The van der Waals surface area contributed by atoms with Crippen molar-refractivity contribution >= 4 is 0 Å². The van der Waals surface area contributed by atoms with E-state index in [1.165, 1.54) is 64.2 Å². The molecule has 0 radical (unpaired) electrons. The van der Waals surface area contributed by atoms with Crippen molar-refractivity contribution in [1.29, 1.82) is 0 Å². The van der Waals surface area contributed by atoms with Crippen molar-refractivity contribution in [3.63, 3.8) is 0 Å². The Labute approximate surface area is 97.8 Å². The van der Waals surface area contributed by atoms with Gasteiger partial charge in [0.05, 0.1) is 0 Å². The first-order valence-corrected chi connectivity index (χ1v) is 7.06. The van der Waals surface area contributed by atoms with Gasteiger partial charge in [-0.15, -0.1) is 0 Å². The van der Waals surface area contributed by atoms with Gasteiger partial charge in [-0.05, 0) is 11.8 Å². The molecule has 0 atom stereocenters. The van der Waals surface area contributed by atoms with Crippen LogP contribution in [0, 0.1) is 5.41 Å². The van der Waals surface area contributed by atoms with Crippen LogP contribution in [0.4, 0.5) is 0 Å². The van der Waals surface area contributed by atoms with Crippen LogP contribution >= 0.6 is 0 Å². The molecule has 0 aromatic heterocycles. The number of rotatable bonds is 9. The van der Waals surface area contributed by atoms with Crippen LogP contribution in [0.5, 0.6) is 0 Å². The van der Waals surface area contributed by atoms with Crippen LogP contribution in [0.1, 0.15) is 91.9 Å². The third kappa shape index (κ3) is 14.0. The van der Waals surface area contributed by atoms with Gasteiger partial charge in [-0.25, -0.2) is 0 Å². The fourth-order valence-corrected chi connectivity index (χ4v) is 1.97. The van der Waals surface area contributed by atoms with Crippen molar-refractivity contribution in [2.24, 2.45) is 5.41 Å². The van der Waals surface area contributed by atoms with E-state index in [4.69, 9.17) is 0 Å². The summed E-state index contributed by atoms with van der Waals surface area (Å²) >= 11 is 0. The molecule has 0 saturated heterocycles. The molecule has 0 aromatic rings. The summed E-state index contributed by atoms with van der Waals surface area (Å²) in [4.78, 5) is 0. The number of hydrogen-bond donors (Lipinski definition) is 0. The molecule has 0 nitrogen and oxygen atoms in total. The molecule has 0 spiro atoms. The third-order valence-electron chi connectivity index (χ3n) is 3.03. The summed E-state index contributed by atoms with van der Waals surface area (Å²) in [7, 11) is 0. The molecule has 92 valence electrons. The predicted molar refractivity (Wildman–Crippen MR) is 71.3 cm³/mol. The Balaban J connectivity index is 2.99. The topological polar surface area (TPSA) is 0 Å². The highest BCUT2D eigenvalue weighted by molar-refractivity contribution is 4.60. The molecule has 0 saturated carbocycles. The Kier molecular flexibility index (Phi) is 9.24. The fourth-order valence-electron chi connectivity index (χ4n) is 1.97. The van der Waals surface area contributed by atoms with Crippen LogP contribution in [-0.2, 0) is 0 Å². The zero-order chi connectivity index (χ0) is 11.6. The summed E-state index contributed by atoms with van der Waals surface area (Å²) in [5.74, 6) is 0. The van der Waals surface area contributed by atoms with E-state index >= 15 is 0 Å². The Morgan fingerprint density at radius 1 is 0.600 bits per heavy atom. The predicted octanol–water partition coefficient (Wildman–Crippen LogP) is 5.95. The van der Waals surface area contributed by atoms with Crippen LogP contribution in [-0.4, -0.2) is 0 Å². The van der Waals surface area contributed by atoms with Crippen LogP contribution < -0.4 is 0 Å². The van der Waals surface area contributed by atoms with Gasteiger partial charge in [0.15, 0.2) is 0 Å². The van der Waals surface area contributed by atoms with Gasteiger partial charge >= 0.3 is 0 Å². The van der Waals surface area contributed by atoms with Crippen molar-refractivity contribution in [2.75, 3.05) is 0 Å². The van der Waals surface area contributed by atoms with E-state index in [0.717, 1.165) is 0 Å². The summed E-state index contributed by atoms with van der Waals surface area (Å²) in [6.45, 7) is 9.32. The van der Waals surface area contributed by atoms with E-state index in [1.54, 1.807) is 0 Å². The molecule has 0 aliphatic carbocycles. The van der Waals surface area contributed by atoms with E-state index in [1.807, 2.05) is 0 Å². The smallest absolute Gasteiger partial charge is 0.0383 e. The molecule has 0 aromatic carbocycles. The maximum atomic E-state index is 2.34. The lowest BCUT2D eigenvalue weighted by atomic mass is 9.89. The minimum absolute atomic E-state index is 0.543. The first-order valence-electron chi connectivity index (χ1n) is 7.06. The molecule has 0 aliphatic rings. The standard InChI is InChI=1S/C15H32/c1-5-6-7-8-9-10-11-12-13-14-15(2,3)4/h5-14H2,1-4H3. The van der Waals surface area contributed by atoms with E-state index in [-0.39, 0.29) is 0 Å². The summed E-state index contributed by atoms with van der Waals surface area (Å²) in [6, 6.07) is 0. The Morgan fingerprint density at radius 3 is 1.40 bits per heavy atom. The Bertz CT molecular complexity index is 118. The fraction of sp³-hybridized carbons (Fsp3) is 1.00. The average Bonchev–Trinajstić information content (AvgIpc) is 2.14. The second-order valence-corrected chi connectivity index (χ2v) is 6.14. The summed E-state index contributed by atoms with van der Waals surface area (Å²) in [5, 5.41) is 0. The molecule has 0 heteroatoms. The minimum atomic E-state index is 0.543. The van der Waals surface area contributed by atoms with Gasteiger partial charge in [0.1, 0.15) is 0 Å². The van der Waals surface area contributed by atoms with Crippen LogP contribution in [0.3, 0.4) is 0 Å². The lowest BCUT2D eigenvalue weighted by Crippen LogP contribution is -2.03. The number of unbranched alkanes of at least 4 members (excludes halogenated alkanes) is 8. The highest BCUT2D eigenvalue weighted by Crippen LogP contribution is 2.22. The van der Waals surface area contributed by atoms with Crippen molar-refractivity contribution in [1.82, 2.24) is 0 Å². The quantitative estimate of drug-likeness (QED) is 0.414. The first-order chi connectivity index (χ1) is 7.06. The number of hydrogen-bond acceptors (Lipinski definition) is 0. The molecular formula is C15H32. The lowest BCUT2D eigenvalue weighted by molar-refractivity contribution is 0.356. The second-order valence-electron chi connectivity index (χ2n) is 6.14. The Hall–Kier alpha value is 0. The van der Waals surface area contributed by atoms with Crippen molar-refractivity contribution in [2.45, 2.75) is 91.9 Å². The average molecular weight is 212 g/mol. The zero-order valence-corrected chi connectivity index (χ0v) is 11.6. The minimum Gasteiger partial charge on any atom is -0.0654 e. The molecule has 0 heterocycles. The maximum Gasteiger partial charge on any atom is -0.0383 e. The lowest BCUT2D eigenvalue weighted by Gasteiger charge is -2.17. The van der Waals surface area contributed by atoms with Crippen LogP contribution in [0.2, 0.25) is 0 Å². The highest BCUT2D eigenvalue weighted by Gasteiger charge is 2.08. The third-order valence-corrected chi connectivity index (χ3v) is 3.03. The van der Waals surface area contributed by atoms with Gasteiger partial charge in [-0.3, -0.25) is 0 Å². The molecule has 0 unspecified atom stereocenters. The normalized spacial score (nSPS) is 12.0. The monoisotopic (exact) mass is 212 g/mol. The molecule has 0 amide bonds. The van der Waals surface area contributed by atoms with E-state index in [2.05, 4.69) is 27.7 Å². The van der Waals surface area contributed by atoms with Gasteiger partial charge in [0.25, 0.3) is 0 Å².